The number of benzene rings is 1. The van der Waals surface area contributed by atoms with Gasteiger partial charge in [-0.3, -0.25) is 4.79 Å². The summed E-state index contributed by atoms with van der Waals surface area (Å²) >= 11 is 0. The Labute approximate surface area is 184 Å². The molecule has 0 spiro atoms. The Bertz CT molecular complexity index is 900. The molecule has 0 aliphatic carbocycles. The first-order chi connectivity index (χ1) is 14.3. The van der Waals surface area contributed by atoms with Crippen LogP contribution in [0.15, 0.2) is 28.9 Å². The van der Waals surface area contributed by atoms with Crippen LogP contribution in [0.25, 0.3) is 0 Å². The Kier molecular flexibility index (Phi) is 8.19. The Morgan fingerprint density at radius 3 is 2.29 bits per heavy atom. The van der Waals surface area contributed by atoms with E-state index in [2.05, 4.69) is 33.9 Å². The standard InChI is InChI=1S/C24H33F3O3Si/c1-16(28)30-22(18-13-23(29-15-18)31(5,6)24(2,3)4)11-9-7-8-10-17-12-20(26)21(27)14-19(17)25/h12-15,22H,7-11H2,1-6H3. The van der Waals surface area contributed by atoms with Crippen molar-refractivity contribution in [2.75, 3.05) is 0 Å². The number of unbranched alkanes of at least 4 members (excludes halogenated alkanes) is 2. The molecule has 1 unspecified atom stereocenters. The second-order valence-electron chi connectivity index (χ2n) is 9.67. The fraction of sp³-hybridized carbons (Fsp3) is 0.542. The highest BCUT2D eigenvalue weighted by atomic mass is 28.3. The molecule has 1 aromatic heterocycles. The zero-order chi connectivity index (χ0) is 23.4. The zero-order valence-electron chi connectivity index (χ0n) is 19.3. The fourth-order valence-electron chi connectivity index (χ4n) is 3.29. The third-order valence-corrected chi connectivity index (χ3v) is 11.5. The first-order valence-electron chi connectivity index (χ1n) is 10.7. The van der Waals surface area contributed by atoms with Gasteiger partial charge in [-0.15, -0.1) is 0 Å². The van der Waals surface area contributed by atoms with Crippen LogP contribution < -0.4 is 5.38 Å². The lowest BCUT2D eigenvalue weighted by Crippen LogP contribution is -2.48. The van der Waals surface area contributed by atoms with Crippen LogP contribution in [0.4, 0.5) is 13.2 Å². The van der Waals surface area contributed by atoms with Crippen molar-refractivity contribution in [1.82, 2.24) is 0 Å². The van der Waals surface area contributed by atoms with E-state index in [0.29, 0.717) is 25.3 Å². The Hall–Kier alpha value is -2.02. The average Bonchev–Trinajstić information content (AvgIpc) is 3.14. The van der Waals surface area contributed by atoms with E-state index in [1.807, 2.05) is 6.07 Å². The predicted molar refractivity (Wildman–Crippen MR) is 119 cm³/mol. The summed E-state index contributed by atoms with van der Waals surface area (Å²) in [5, 5.41) is 1.09. The smallest absolute Gasteiger partial charge is 0.303 e. The Balaban J connectivity index is 1.97. The second-order valence-corrected chi connectivity index (χ2v) is 14.9. The summed E-state index contributed by atoms with van der Waals surface area (Å²) in [6, 6.07) is 3.52. The molecule has 0 saturated heterocycles. The fourth-order valence-corrected chi connectivity index (χ4v) is 4.91. The van der Waals surface area contributed by atoms with Gasteiger partial charge in [0.05, 0.1) is 11.6 Å². The number of ether oxygens (including phenoxy) is 1. The van der Waals surface area contributed by atoms with E-state index in [0.717, 1.165) is 29.9 Å². The van der Waals surface area contributed by atoms with Crippen LogP contribution in [0.3, 0.4) is 0 Å². The molecule has 0 amide bonds. The van der Waals surface area contributed by atoms with E-state index in [1.165, 1.54) is 6.92 Å². The Morgan fingerprint density at radius 1 is 1.03 bits per heavy atom. The van der Waals surface area contributed by atoms with Gasteiger partial charge in [-0.1, -0.05) is 40.3 Å². The summed E-state index contributed by atoms with van der Waals surface area (Å²) in [5.41, 5.74) is 1.02. The van der Waals surface area contributed by atoms with Crippen LogP contribution in [0, 0.1) is 17.5 Å². The molecule has 1 heterocycles. The molecular formula is C24H33F3O3Si. The van der Waals surface area contributed by atoms with Crippen molar-refractivity contribution in [2.45, 2.75) is 84.0 Å². The maximum atomic E-state index is 13.7. The van der Waals surface area contributed by atoms with Gasteiger partial charge in [0.15, 0.2) is 11.6 Å². The number of hydrogen-bond acceptors (Lipinski definition) is 3. The number of carbonyl (C=O) groups is 1. The third-order valence-electron chi connectivity index (χ3n) is 6.29. The first-order valence-corrected chi connectivity index (χ1v) is 13.7. The maximum Gasteiger partial charge on any atom is 0.303 e. The number of furan rings is 1. The maximum absolute atomic E-state index is 13.7. The first kappa shape index (κ1) is 25.2. The molecule has 1 aromatic carbocycles. The van der Waals surface area contributed by atoms with Crippen LogP contribution in [-0.4, -0.2) is 14.0 Å². The van der Waals surface area contributed by atoms with Gasteiger partial charge in [-0.25, -0.2) is 13.2 Å². The van der Waals surface area contributed by atoms with E-state index >= 15 is 0 Å². The minimum absolute atomic E-state index is 0.119. The van der Waals surface area contributed by atoms with Gasteiger partial charge < -0.3 is 9.15 Å². The summed E-state index contributed by atoms with van der Waals surface area (Å²) in [7, 11) is -1.84. The molecule has 7 heteroatoms. The van der Waals surface area contributed by atoms with E-state index in [-0.39, 0.29) is 16.6 Å². The number of rotatable bonds is 9. The van der Waals surface area contributed by atoms with Crippen LogP contribution in [-0.2, 0) is 16.0 Å². The molecule has 2 aromatic rings. The van der Waals surface area contributed by atoms with Crippen LogP contribution in [0.1, 0.15) is 70.6 Å². The summed E-state index contributed by atoms with van der Waals surface area (Å²) < 4.78 is 51.5. The Morgan fingerprint density at radius 2 is 1.68 bits per heavy atom. The summed E-state index contributed by atoms with van der Waals surface area (Å²) in [6.07, 6.45) is 4.31. The largest absolute Gasteiger partial charge is 0.474 e. The zero-order valence-corrected chi connectivity index (χ0v) is 20.3. The van der Waals surface area contributed by atoms with E-state index in [1.54, 1.807) is 6.26 Å². The molecular weight excluding hydrogens is 421 g/mol. The summed E-state index contributed by atoms with van der Waals surface area (Å²) in [5.74, 6) is -3.30. The molecule has 31 heavy (non-hydrogen) atoms. The minimum Gasteiger partial charge on any atom is -0.474 e. The topological polar surface area (TPSA) is 39.4 Å². The molecule has 0 radical (unpaired) electrons. The SMILES string of the molecule is CC(=O)OC(CCCCCc1cc(F)c(F)cc1F)c1coc([Si](C)(C)C(C)(C)C)c1. The highest BCUT2D eigenvalue weighted by Gasteiger charge is 2.40. The molecule has 0 fully saturated rings. The van der Waals surface area contributed by atoms with Gasteiger partial charge in [0.1, 0.15) is 20.0 Å². The summed E-state index contributed by atoms with van der Waals surface area (Å²) in [6.45, 7) is 12.5. The summed E-state index contributed by atoms with van der Waals surface area (Å²) in [4.78, 5) is 11.6. The molecule has 1 atom stereocenters. The molecule has 0 bridgehead atoms. The van der Waals surface area contributed by atoms with Crippen LogP contribution in [0.2, 0.25) is 18.1 Å². The van der Waals surface area contributed by atoms with Gasteiger partial charge in [0, 0.05) is 18.6 Å². The van der Waals surface area contributed by atoms with Crippen molar-refractivity contribution in [1.29, 1.82) is 0 Å². The highest BCUT2D eigenvalue weighted by Crippen LogP contribution is 2.36. The molecule has 0 N–H and O–H groups in total. The normalized spacial score (nSPS) is 13.3. The molecule has 172 valence electrons. The van der Waals surface area contributed by atoms with E-state index in [9.17, 15) is 18.0 Å². The lowest BCUT2D eigenvalue weighted by atomic mass is 10.0. The van der Waals surface area contributed by atoms with Crippen molar-refractivity contribution < 1.29 is 27.1 Å². The van der Waals surface area contributed by atoms with Gasteiger partial charge in [0.2, 0.25) is 0 Å². The highest BCUT2D eigenvalue weighted by molar-refractivity contribution is 6.91. The van der Waals surface area contributed by atoms with Crippen LogP contribution in [0.5, 0.6) is 0 Å². The number of hydrogen-bond donors (Lipinski definition) is 0. The average molecular weight is 455 g/mol. The molecule has 0 aliphatic heterocycles. The monoisotopic (exact) mass is 454 g/mol. The third kappa shape index (κ3) is 6.48. The van der Waals surface area contributed by atoms with Crippen molar-refractivity contribution in [2.24, 2.45) is 0 Å². The van der Waals surface area contributed by atoms with Gasteiger partial charge >= 0.3 is 5.97 Å². The van der Waals surface area contributed by atoms with Gasteiger partial charge in [0.25, 0.3) is 0 Å². The number of halogens is 3. The number of carbonyl (C=O) groups excluding carboxylic acids is 1. The van der Waals surface area contributed by atoms with Crippen molar-refractivity contribution in [3.8, 4) is 0 Å². The number of esters is 1. The van der Waals surface area contributed by atoms with E-state index < -0.39 is 31.6 Å². The van der Waals surface area contributed by atoms with Crippen molar-refractivity contribution in [3.63, 3.8) is 0 Å². The van der Waals surface area contributed by atoms with Crippen LogP contribution >= 0.6 is 0 Å². The molecule has 2 rings (SSSR count). The van der Waals surface area contributed by atoms with Crippen molar-refractivity contribution in [3.05, 3.63) is 53.0 Å². The van der Waals surface area contributed by atoms with E-state index in [4.69, 9.17) is 9.15 Å². The minimum atomic E-state index is -1.84. The quantitative estimate of drug-likeness (QED) is 0.181. The van der Waals surface area contributed by atoms with Gasteiger partial charge in [-0.2, -0.15) is 0 Å². The predicted octanol–water partition coefficient (Wildman–Crippen LogP) is 6.82. The van der Waals surface area contributed by atoms with Gasteiger partial charge in [-0.05, 0) is 48.4 Å². The van der Waals surface area contributed by atoms with Crippen molar-refractivity contribution >= 4 is 19.4 Å². The molecule has 0 saturated carbocycles. The molecule has 0 aliphatic rings. The number of aryl methyl sites for hydroxylation is 1. The lowest BCUT2D eigenvalue weighted by molar-refractivity contribution is -0.147. The second kappa shape index (κ2) is 10.1. The lowest BCUT2D eigenvalue weighted by Gasteiger charge is -2.34. The molecule has 3 nitrogen and oxygen atoms in total.